The molecule has 0 saturated heterocycles. The predicted molar refractivity (Wildman–Crippen MR) is 113 cm³/mol. The lowest BCUT2D eigenvalue weighted by Crippen LogP contribution is -2.26. The lowest BCUT2D eigenvalue weighted by Gasteiger charge is -2.19. The van der Waals surface area contributed by atoms with Crippen molar-refractivity contribution < 1.29 is 9.59 Å². The van der Waals surface area contributed by atoms with Gasteiger partial charge in [-0.15, -0.1) is 22.7 Å². The van der Waals surface area contributed by atoms with Crippen LogP contribution in [0, 0.1) is 0 Å². The largest absolute Gasteiger partial charge is 0.370 e. The first-order valence-electron chi connectivity index (χ1n) is 9.67. The number of amides is 2. The number of nitrogens with one attached hydrogen (secondary N) is 1. The average molecular weight is 424 g/mol. The highest BCUT2D eigenvalue weighted by atomic mass is 32.1. The smallest absolute Gasteiger partial charge is 0.219 e. The fourth-order valence-electron chi connectivity index (χ4n) is 2.80. The van der Waals surface area contributed by atoms with Gasteiger partial charge < -0.3 is 11.1 Å². The summed E-state index contributed by atoms with van der Waals surface area (Å²) in [6, 6.07) is 0. The van der Waals surface area contributed by atoms with Crippen LogP contribution in [0.5, 0.6) is 0 Å². The van der Waals surface area contributed by atoms with Gasteiger partial charge in [-0.05, 0) is 32.2 Å². The minimum absolute atomic E-state index is 0.0984. The number of hydrogen-bond donors (Lipinski definition) is 2. The normalized spacial score (nSPS) is 11.0. The Morgan fingerprint density at radius 2 is 1.57 bits per heavy atom. The van der Waals surface area contributed by atoms with Gasteiger partial charge in [0.1, 0.15) is 10.0 Å². The van der Waals surface area contributed by atoms with Crippen LogP contribution >= 0.6 is 22.7 Å². The second kappa shape index (κ2) is 13.4. The summed E-state index contributed by atoms with van der Waals surface area (Å²) in [6.07, 6.45) is 9.04. The van der Waals surface area contributed by atoms with Crippen LogP contribution in [0.1, 0.15) is 55.0 Å². The van der Waals surface area contributed by atoms with Gasteiger partial charge in [0.2, 0.25) is 11.8 Å². The number of rotatable bonds is 15. The Kier molecular flexibility index (Phi) is 10.7. The molecule has 0 fully saturated rings. The number of aromatic nitrogens is 2. The molecule has 0 atom stereocenters. The van der Waals surface area contributed by atoms with Gasteiger partial charge in [0.15, 0.2) is 0 Å². The summed E-state index contributed by atoms with van der Waals surface area (Å²) in [7, 11) is 0. The van der Waals surface area contributed by atoms with Crippen LogP contribution in [0.25, 0.3) is 0 Å². The van der Waals surface area contributed by atoms with Crippen molar-refractivity contribution in [2.45, 2.75) is 58.0 Å². The van der Waals surface area contributed by atoms with E-state index < -0.39 is 0 Å². The van der Waals surface area contributed by atoms with Crippen molar-refractivity contribution in [3.05, 3.63) is 33.2 Å². The zero-order chi connectivity index (χ0) is 20.0. The van der Waals surface area contributed by atoms with Crippen molar-refractivity contribution in [3.8, 4) is 0 Å². The molecule has 0 saturated carbocycles. The number of primary amides is 1. The number of hydrogen-bond acceptors (Lipinski definition) is 7. The molecule has 0 aliphatic heterocycles. The molecule has 2 rings (SSSR count). The van der Waals surface area contributed by atoms with Crippen LogP contribution in [-0.2, 0) is 22.7 Å². The van der Waals surface area contributed by atoms with E-state index in [0.29, 0.717) is 19.4 Å². The molecular formula is C19H29N5O2S2. The number of carbonyl (C=O) groups is 2. The van der Waals surface area contributed by atoms with Gasteiger partial charge in [0.25, 0.3) is 0 Å². The van der Waals surface area contributed by atoms with E-state index in [9.17, 15) is 9.59 Å². The molecule has 2 amide bonds. The number of nitrogens with zero attached hydrogens (tertiary/aromatic N) is 3. The molecule has 2 aromatic rings. The minimum atomic E-state index is -0.261. The van der Waals surface area contributed by atoms with E-state index in [1.807, 2.05) is 23.2 Å². The lowest BCUT2D eigenvalue weighted by atomic mass is 10.2. The fourth-order valence-corrected chi connectivity index (χ4v) is 4.11. The molecule has 7 nitrogen and oxygen atoms in total. The Morgan fingerprint density at radius 1 is 0.929 bits per heavy atom. The van der Waals surface area contributed by atoms with E-state index >= 15 is 0 Å². The van der Waals surface area contributed by atoms with E-state index in [-0.39, 0.29) is 11.8 Å². The first kappa shape index (κ1) is 22.4. The highest BCUT2D eigenvalue weighted by molar-refractivity contribution is 7.09. The molecule has 0 spiro atoms. The van der Waals surface area contributed by atoms with Crippen molar-refractivity contribution >= 4 is 34.5 Å². The van der Waals surface area contributed by atoms with E-state index in [4.69, 9.17) is 5.73 Å². The van der Waals surface area contributed by atoms with Gasteiger partial charge in [-0.2, -0.15) is 0 Å². The van der Waals surface area contributed by atoms with Crippen molar-refractivity contribution in [2.75, 3.05) is 13.1 Å². The predicted octanol–water partition coefficient (Wildman–Crippen LogP) is 2.93. The van der Waals surface area contributed by atoms with Crippen molar-refractivity contribution in [2.24, 2.45) is 5.73 Å². The summed E-state index contributed by atoms with van der Waals surface area (Å²) in [4.78, 5) is 33.7. The molecule has 2 heterocycles. The van der Waals surface area contributed by atoms with E-state index in [1.165, 1.54) is 0 Å². The van der Waals surface area contributed by atoms with Crippen LogP contribution < -0.4 is 11.1 Å². The van der Waals surface area contributed by atoms with Crippen LogP contribution in [0.15, 0.2) is 23.2 Å². The molecule has 0 unspecified atom stereocenters. The Morgan fingerprint density at radius 3 is 2.14 bits per heavy atom. The standard InChI is InChI=1S/C19H29N5O2S2/c20-16(25)6-2-1-4-8-21-17(26)7-3-5-11-24(14-18-22-9-12-27-18)15-19-23-10-13-28-19/h9-10,12-13H,1-8,11,14-15H2,(H2,20,25)(H,21,26). The number of unbranched alkanes of at least 4 members (excludes halogenated alkanes) is 3. The first-order chi connectivity index (χ1) is 13.6. The first-order valence-corrected chi connectivity index (χ1v) is 11.4. The zero-order valence-corrected chi connectivity index (χ0v) is 17.8. The zero-order valence-electron chi connectivity index (χ0n) is 16.1. The molecule has 2 aromatic heterocycles. The number of nitrogens with two attached hydrogens (primary N) is 1. The van der Waals surface area contributed by atoms with E-state index in [0.717, 1.165) is 61.8 Å². The van der Waals surface area contributed by atoms with Crippen molar-refractivity contribution in [1.29, 1.82) is 0 Å². The van der Waals surface area contributed by atoms with E-state index in [2.05, 4.69) is 20.2 Å². The maximum Gasteiger partial charge on any atom is 0.219 e. The molecular weight excluding hydrogens is 394 g/mol. The Labute approximate surface area is 174 Å². The summed E-state index contributed by atoms with van der Waals surface area (Å²) in [5.74, 6) is -0.163. The lowest BCUT2D eigenvalue weighted by molar-refractivity contribution is -0.121. The summed E-state index contributed by atoms with van der Waals surface area (Å²) in [5, 5.41) is 9.14. The van der Waals surface area contributed by atoms with Gasteiger partial charge in [-0.3, -0.25) is 14.5 Å². The number of carbonyl (C=O) groups excluding carboxylic acids is 2. The van der Waals surface area contributed by atoms with Gasteiger partial charge in [0, 0.05) is 42.5 Å². The SMILES string of the molecule is NC(=O)CCCCCNC(=O)CCCCN(Cc1nccs1)Cc1nccs1. The van der Waals surface area contributed by atoms with Crippen molar-refractivity contribution in [3.63, 3.8) is 0 Å². The summed E-state index contributed by atoms with van der Waals surface area (Å²) in [6.45, 7) is 3.21. The molecule has 0 aliphatic rings. The van der Waals surface area contributed by atoms with Gasteiger partial charge in [-0.1, -0.05) is 6.42 Å². The van der Waals surface area contributed by atoms with Crippen molar-refractivity contribution in [1.82, 2.24) is 20.2 Å². The van der Waals surface area contributed by atoms with E-state index in [1.54, 1.807) is 22.7 Å². The molecule has 0 bridgehead atoms. The molecule has 0 aliphatic carbocycles. The topological polar surface area (TPSA) is 101 Å². The summed E-state index contributed by atoms with van der Waals surface area (Å²) >= 11 is 3.33. The molecule has 9 heteroatoms. The summed E-state index contributed by atoms with van der Waals surface area (Å²) < 4.78 is 0. The van der Waals surface area contributed by atoms with Gasteiger partial charge in [0.05, 0.1) is 13.1 Å². The Bertz CT molecular complexity index is 640. The third-order valence-corrected chi connectivity index (χ3v) is 5.76. The number of thiazole rings is 2. The molecule has 28 heavy (non-hydrogen) atoms. The maximum atomic E-state index is 11.9. The second-order valence-electron chi connectivity index (χ2n) is 6.65. The third-order valence-electron chi connectivity index (χ3n) is 4.23. The Hall–Kier alpha value is -1.84. The molecule has 3 N–H and O–H groups in total. The minimum Gasteiger partial charge on any atom is -0.370 e. The third kappa shape index (κ3) is 9.91. The quantitative estimate of drug-likeness (QED) is 0.429. The average Bonchev–Trinajstić information content (AvgIpc) is 3.35. The Balaban J connectivity index is 1.59. The van der Waals surface area contributed by atoms with Gasteiger partial charge >= 0.3 is 0 Å². The van der Waals surface area contributed by atoms with Crippen LogP contribution in [-0.4, -0.2) is 39.8 Å². The molecule has 0 radical (unpaired) electrons. The highest BCUT2D eigenvalue weighted by Crippen LogP contribution is 2.14. The highest BCUT2D eigenvalue weighted by Gasteiger charge is 2.11. The van der Waals surface area contributed by atoms with Crippen LogP contribution in [0.3, 0.4) is 0 Å². The summed E-state index contributed by atoms with van der Waals surface area (Å²) in [5.41, 5.74) is 5.10. The fraction of sp³-hybridized carbons (Fsp3) is 0.579. The van der Waals surface area contributed by atoms with Gasteiger partial charge in [-0.25, -0.2) is 9.97 Å². The van der Waals surface area contributed by atoms with Crippen LogP contribution in [0.4, 0.5) is 0 Å². The second-order valence-corrected chi connectivity index (χ2v) is 8.60. The van der Waals surface area contributed by atoms with Crippen LogP contribution in [0.2, 0.25) is 0 Å². The molecule has 154 valence electrons. The monoisotopic (exact) mass is 423 g/mol. The molecule has 0 aromatic carbocycles. The maximum absolute atomic E-state index is 11.9.